The highest BCUT2D eigenvalue weighted by Crippen LogP contribution is 2.14. The molecule has 0 unspecified atom stereocenters. The number of hydrogen-bond acceptors (Lipinski definition) is 4. The summed E-state index contributed by atoms with van der Waals surface area (Å²) in [6, 6.07) is 9.81. The van der Waals surface area contributed by atoms with Crippen LogP contribution in [0.3, 0.4) is 0 Å². The Labute approximate surface area is 167 Å². The Morgan fingerprint density at radius 2 is 1.75 bits per heavy atom. The normalized spacial score (nSPS) is 14.2. The van der Waals surface area contributed by atoms with Crippen molar-refractivity contribution in [3.05, 3.63) is 77.3 Å². The molecule has 1 rings (SSSR count). The van der Waals surface area contributed by atoms with Crippen molar-refractivity contribution in [2.75, 3.05) is 5.32 Å². The first-order valence-corrected chi connectivity index (χ1v) is 8.92. The Bertz CT molecular complexity index is 839. The van der Waals surface area contributed by atoms with Crippen molar-refractivity contribution < 1.29 is 0 Å². The lowest BCUT2D eigenvalue weighted by Gasteiger charge is -2.12. The van der Waals surface area contributed by atoms with E-state index in [1.54, 1.807) is 6.08 Å². The van der Waals surface area contributed by atoms with Gasteiger partial charge in [0.05, 0.1) is 5.70 Å². The largest absolute Gasteiger partial charge is 0.355 e. The zero-order valence-corrected chi connectivity index (χ0v) is 16.8. The fraction of sp³-hybridized carbons (Fsp3) is 0.182. The predicted molar refractivity (Wildman–Crippen MR) is 122 cm³/mol. The molecular formula is C22H28N6. The van der Waals surface area contributed by atoms with Crippen LogP contribution in [0.2, 0.25) is 0 Å². The Morgan fingerprint density at radius 1 is 1.04 bits per heavy atom. The van der Waals surface area contributed by atoms with Gasteiger partial charge in [0.2, 0.25) is 0 Å². The lowest BCUT2D eigenvalue weighted by molar-refractivity contribution is 1.15. The number of aliphatic imine (C=N–C) groups is 2. The van der Waals surface area contributed by atoms with Crippen molar-refractivity contribution in [3.63, 3.8) is 0 Å². The average Bonchev–Trinajstić information content (AvgIpc) is 2.71. The van der Waals surface area contributed by atoms with Crippen molar-refractivity contribution in [1.82, 2.24) is 5.32 Å². The van der Waals surface area contributed by atoms with Gasteiger partial charge in [0.25, 0.3) is 0 Å². The van der Waals surface area contributed by atoms with E-state index >= 15 is 0 Å². The summed E-state index contributed by atoms with van der Waals surface area (Å²) >= 11 is 0. The molecule has 0 bridgehead atoms. The molecule has 1 aromatic carbocycles. The molecule has 0 amide bonds. The number of anilines is 1. The summed E-state index contributed by atoms with van der Waals surface area (Å²) in [4.78, 5) is 8.34. The fourth-order valence-corrected chi connectivity index (χ4v) is 2.08. The van der Waals surface area contributed by atoms with Crippen LogP contribution in [0.25, 0.3) is 0 Å². The van der Waals surface area contributed by atoms with E-state index in [-0.39, 0.29) is 0 Å². The molecule has 146 valence electrons. The van der Waals surface area contributed by atoms with Crippen LogP contribution in [-0.4, -0.2) is 24.6 Å². The first-order valence-electron chi connectivity index (χ1n) is 8.92. The van der Waals surface area contributed by atoms with E-state index < -0.39 is 0 Å². The SMILES string of the molecule is C\C=C/C(=C\C(Nc1ccccc1)=C(/C)C=N)N/C(C)=N/C=N\C(C=N)=C\C. The summed E-state index contributed by atoms with van der Waals surface area (Å²) in [5.74, 6) is 0.653. The zero-order chi connectivity index (χ0) is 20.8. The number of nitrogens with one attached hydrogen (secondary N) is 4. The molecule has 0 aromatic heterocycles. The summed E-state index contributed by atoms with van der Waals surface area (Å²) in [5.41, 5.74) is 3.91. The van der Waals surface area contributed by atoms with Crippen LogP contribution in [-0.2, 0) is 0 Å². The maximum Gasteiger partial charge on any atom is 0.118 e. The summed E-state index contributed by atoms with van der Waals surface area (Å²) in [6.45, 7) is 7.47. The van der Waals surface area contributed by atoms with Gasteiger partial charge in [-0.1, -0.05) is 30.4 Å². The molecule has 0 saturated carbocycles. The van der Waals surface area contributed by atoms with Crippen LogP contribution in [0.1, 0.15) is 27.7 Å². The molecule has 0 aliphatic carbocycles. The molecular weight excluding hydrogens is 348 g/mol. The van der Waals surface area contributed by atoms with Crippen molar-refractivity contribution in [2.45, 2.75) is 27.7 Å². The lowest BCUT2D eigenvalue weighted by atomic mass is 10.2. The Hall–Kier alpha value is -3.54. The number of allylic oxidation sites excluding steroid dienone is 6. The number of amidine groups is 1. The predicted octanol–water partition coefficient (Wildman–Crippen LogP) is 5.07. The monoisotopic (exact) mass is 376 g/mol. The van der Waals surface area contributed by atoms with Gasteiger partial charge in [-0.25, -0.2) is 9.98 Å². The molecule has 1 aromatic rings. The molecule has 6 nitrogen and oxygen atoms in total. The van der Waals surface area contributed by atoms with Gasteiger partial charge in [0.1, 0.15) is 12.2 Å². The highest BCUT2D eigenvalue weighted by atomic mass is 15.0. The molecule has 28 heavy (non-hydrogen) atoms. The first-order chi connectivity index (χ1) is 13.5. The first kappa shape index (κ1) is 22.5. The lowest BCUT2D eigenvalue weighted by Crippen LogP contribution is -2.19. The summed E-state index contributed by atoms with van der Waals surface area (Å²) in [6.07, 6.45) is 11.4. The quantitative estimate of drug-likeness (QED) is 0.275. The molecule has 0 radical (unpaired) electrons. The average molecular weight is 377 g/mol. The molecule has 0 saturated heterocycles. The van der Waals surface area contributed by atoms with Gasteiger partial charge in [-0.2, -0.15) is 0 Å². The second-order valence-electron chi connectivity index (χ2n) is 5.77. The van der Waals surface area contributed by atoms with Crippen molar-refractivity contribution in [3.8, 4) is 0 Å². The maximum atomic E-state index is 7.61. The van der Waals surface area contributed by atoms with Crippen LogP contribution in [0.5, 0.6) is 0 Å². The molecule has 0 aliphatic heterocycles. The van der Waals surface area contributed by atoms with Crippen LogP contribution in [0, 0.1) is 10.8 Å². The van der Waals surface area contributed by atoms with E-state index in [0.29, 0.717) is 11.5 Å². The van der Waals surface area contributed by atoms with Gasteiger partial charge < -0.3 is 21.5 Å². The van der Waals surface area contributed by atoms with Crippen LogP contribution in [0.4, 0.5) is 5.69 Å². The van der Waals surface area contributed by atoms with Crippen LogP contribution in [0.15, 0.2) is 87.3 Å². The molecule has 0 spiro atoms. The molecule has 0 atom stereocenters. The van der Waals surface area contributed by atoms with Gasteiger partial charge in [0.15, 0.2) is 0 Å². The smallest absolute Gasteiger partial charge is 0.118 e. The third kappa shape index (κ3) is 8.23. The topological polar surface area (TPSA) is 96.5 Å². The van der Waals surface area contributed by atoms with Crippen LogP contribution >= 0.6 is 0 Å². The van der Waals surface area contributed by atoms with Crippen LogP contribution < -0.4 is 10.6 Å². The number of para-hydroxylation sites is 1. The molecule has 4 N–H and O–H groups in total. The van der Waals surface area contributed by atoms with E-state index in [9.17, 15) is 0 Å². The zero-order valence-electron chi connectivity index (χ0n) is 16.8. The Morgan fingerprint density at radius 3 is 2.32 bits per heavy atom. The second-order valence-corrected chi connectivity index (χ2v) is 5.77. The van der Waals surface area contributed by atoms with E-state index in [0.717, 1.165) is 22.7 Å². The minimum absolute atomic E-state index is 0.541. The standard InChI is InChI=1S/C22H28N6/c1-5-10-21(27-18(4)25-16-26-19(6-2)15-24)13-22(17(3)14-23)28-20-11-8-7-9-12-20/h5-16,23-24,28H,1-4H3,(H,25,26,27)/b10-5-,19-6+,21-13+,22-17-,23-14?,24-15?. The fourth-order valence-electron chi connectivity index (χ4n) is 2.08. The summed E-state index contributed by atoms with van der Waals surface area (Å²) in [5, 5.41) is 21.4. The summed E-state index contributed by atoms with van der Waals surface area (Å²) in [7, 11) is 0. The Kier molecular flexibility index (Phi) is 10.3. The molecule has 0 fully saturated rings. The van der Waals surface area contributed by atoms with Crippen molar-refractivity contribution in [1.29, 1.82) is 10.8 Å². The minimum atomic E-state index is 0.541. The van der Waals surface area contributed by atoms with E-state index in [1.165, 1.54) is 18.8 Å². The second kappa shape index (κ2) is 12.8. The van der Waals surface area contributed by atoms with Crippen molar-refractivity contribution >= 4 is 30.3 Å². The molecule has 6 heteroatoms. The summed E-state index contributed by atoms with van der Waals surface area (Å²) < 4.78 is 0. The molecule has 0 heterocycles. The van der Waals surface area contributed by atoms with E-state index in [4.69, 9.17) is 10.8 Å². The minimum Gasteiger partial charge on any atom is -0.355 e. The highest BCUT2D eigenvalue weighted by molar-refractivity contribution is 5.89. The van der Waals surface area contributed by atoms with Crippen molar-refractivity contribution in [2.24, 2.45) is 9.98 Å². The number of rotatable bonds is 9. The van der Waals surface area contributed by atoms with Gasteiger partial charge in [-0.05, 0) is 57.6 Å². The number of hydrogen-bond donors (Lipinski definition) is 4. The van der Waals surface area contributed by atoms with Gasteiger partial charge >= 0.3 is 0 Å². The number of benzene rings is 1. The van der Waals surface area contributed by atoms with Gasteiger partial charge in [0, 0.05) is 29.5 Å². The highest BCUT2D eigenvalue weighted by Gasteiger charge is 2.02. The third-order valence-electron chi connectivity index (χ3n) is 3.57. The van der Waals surface area contributed by atoms with E-state index in [1.807, 2.05) is 76.3 Å². The van der Waals surface area contributed by atoms with Gasteiger partial charge in [-0.15, -0.1) is 0 Å². The maximum absolute atomic E-state index is 7.61. The number of nitrogens with zero attached hydrogens (tertiary/aromatic N) is 2. The van der Waals surface area contributed by atoms with E-state index in [2.05, 4.69) is 20.6 Å². The van der Waals surface area contributed by atoms with Gasteiger partial charge in [-0.3, -0.25) is 0 Å². The molecule has 0 aliphatic rings. The Balaban J connectivity index is 3.10. The third-order valence-corrected chi connectivity index (χ3v) is 3.57.